The molecule has 0 spiro atoms. The first kappa shape index (κ1) is 17.4. The first-order valence-corrected chi connectivity index (χ1v) is 6.94. The molecule has 5 nitrogen and oxygen atoms in total. The van der Waals surface area contributed by atoms with Gasteiger partial charge in [-0.3, -0.25) is 4.79 Å². The Morgan fingerprint density at radius 1 is 1.29 bits per heavy atom. The van der Waals surface area contributed by atoms with Crippen molar-refractivity contribution in [3.63, 3.8) is 0 Å². The minimum atomic E-state index is -1.06. The molecule has 0 bridgehead atoms. The number of rotatable bonds is 5. The summed E-state index contributed by atoms with van der Waals surface area (Å²) in [4.78, 5) is 22.4. The summed E-state index contributed by atoms with van der Waals surface area (Å²) in [5, 5.41) is 13.3. The lowest BCUT2D eigenvalue weighted by atomic mass is 10.0. The van der Waals surface area contributed by atoms with Gasteiger partial charge in [-0.2, -0.15) is 0 Å². The zero-order chi connectivity index (χ0) is 16.2. The number of carbonyl (C=O) groups excluding carboxylic acids is 1. The predicted octanol–water partition coefficient (Wildman–Crippen LogP) is 3.35. The molecule has 0 aliphatic rings. The minimum absolute atomic E-state index is 0.0584. The highest BCUT2D eigenvalue weighted by molar-refractivity contribution is 9.10. The standard InChI is InChI=1S/C13H15BrF2N2O3/c1-6(2)10(5-12(19)20)17-13(21)18-11-4-8(15)7(14)3-9(11)16/h3-4,6,10H,5H2,1-2H3,(H,19,20)(H2,17,18,21). The number of carboxylic acids is 1. The van der Waals surface area contributed by atoms with Crippen LogP contribution in [-0.4, -0.2) is 23.1 Å². The topological polar surface area (TPSA) is 78.4 Å². The molecule has 0 radical (unpaired) electrons. The molecule has 2 amide bonds. The van der Waals surface area contributed by atoms with E-state index in [4.69, 9.17) is 5.11 Å². The maximum atomic E-state index is 13.6. The van der Waals surface area contributed by atoms with Gasteiger partial charge in [0.2, 0.25) is 0 Å². The summed E-state index contributed by atoms with van der Waals surface area (Å²) in [6, 6.07) is 0.310. The Labute approximate surface area is 128 Å². The van der Waals surface area contributed by atoms with Crippen molar-refractivity contribution in [2.75, 3.05) is 5.32 Å². The molecule has 1 rings (SSSR count). The molecule has 0 saturated heterocycles. The van der Waals surface area contributed by atoms with Crippen LogP contribution in [0.3, 0.4) is 0 Å². The number of benzene rings is 1. The highest BCUT2D eigenvalue weighted by Crippen LogP contribution is 2.23. The molecule has 116 valence electrons. The molecule has 0 aliphatic carbocycles. The van der Waals surface area contributed by atoms with E-state index in [2.05, 4.69) is 26.6 Å². The Balaban J connectivity index is 2.76. The van der Waals surface area contributed by atoms with E-state index >= 15 is 0 Å². The van der Waals surface area contributed by atoms with Crippen molar-refractivity contribution >= 4 is 33.6 Å². The van der Waals surface area contributed by atoms with Gasteiger partial charge in [0.05, 0.1) is 16.6 Å². The van der Waals surface area contributed by atoms with Crippen LogP contribution in [0.4, 0.5) is 19.3 Å². The van der Waals surface area contributed by atoms with Gasteiger partial charge in [0.15, 0.2) is 0 Å². The number of hydrogen-bond acceptors (Lipinski definition) is 2. The third kappa shape index (κ3) is 5.30. The van der Waals surface area contributed by atoms with Gasteiger partial charge in [-0.1, -0.05) is 13.8 Å². The Kier molecular flexibility index (Phi) is 6.07. The number of carbonyl (C=O) groups is 2. The molecule has 1 aromatic carbocycles. The number of aliphatic carboxylic acids is 1. The summed E-state index contributed by atoms with van der Waals surface area (Å²) in [5.41, 5.74) is -0.328. The number of halogens is 3. The van der Waals surface area contributed by atoms with E-state index in [1.54, 1.807) is 13.8 Å². The van der Waals surface area contributed by atoms with Crippen LogP contribution in [0.15, 0.2) is 16.6 Å². The number of hydrogen-bond donors (Lipinski definition) is 3. The largest absolute Gasteiger partial charge is 0.481 e. The lowest BCUT2D eigenvalue weighted by Gasteiger charge is -2.21. The van der Waals surface area contributed by atoms with Crippen molar-refractivity contribution in [3.8, 4) is 0 Å². The molecule has 0 heterocycles. The SMILES string of the molecule is CC(C)C(CC(=O)O)NC(=O)Nc1cc(F)c(Br)cc1F. The molecule has 1 aromatic rings. The molecule has 0 aliphatic heterocycles. The minimum Gasteiger partial charge on any atom is -0.481 e. The smallest absolute Gasteiger partial charge is 0.319 e. The summed E-state index contributed by atoms with van der Waals surface area (Å²) < 4.78 is 26.8. The van der Waals surface area contributed by atoms with Crippen LogP contribution < -0.4 is 10.6 Å². The molecule has 3 N–H and O–H groups in total. The van der Waals surface area contributed by atoms with Crippen LogP contribution in [0, 0.1) is 17.6 Å². The van der Waals surface area contributed by atoms with Gasteiger partial charge in [-0.25, -0.2) is 13.6 Å². The number of urea groups is 1. The zero-order valence-corrected chi connectivity index (χ0v) is 13.0. The fourth-order valence-electron chi connectivity index (χ4n) is 1.59. The molecule has 0 aromatic heterocycles. The summed E-state index contributed by atoms with van der Waals surface area (Å²) in [7, 11) is 0. The molecule has 8 heteroatoms. The third-order valence-corrected chi connectivity index (χ3v) is 3.38. The predicted molar refractivity (Wildman–Crippen MR) is 77.1 cm³/mol. The van der Waals surface area contributed by atoms with E-state index in [0.29, 0.717) is 0 Å². The number of anilines is 1. The molecular formula is C13H15BrF2N2O3. The second-order valence-corrected chi connectivity index (χ2v) is 5.65. The van der Waals surface area contributed by atoms with E-state index < -0.39 is 29.7 Å². The second kappa shape index (κ2) is 7.35. The Morgan fingerprint density at radius 3 is 2.43 bits per heavy atom. The van der Waals surface area contributed by atoms with E-state index in [0.717, 1.165) is 12.1 Å². The molecule has 1 atom stereocenters. The fourth-order valence-corrected chi connectivity index (χ4v) is 1.90. The van der Waals surface area contributed by atoms with Crippen molar-refractivity contribution in [1.82, 2.24) is 5.32 Å². The van der Waals surface area contributed by atoms with Crippen molar-refractivity contribution in [1.29, 1.82) is 0 Å². The maximum Gasteiger partial charge on any atom is 0.319 e. The average molecular weight is 365 g/mol. The van der Waals surface area contributed by atoms with Crippen LogP contribution in [-0.2, 0) is 4.79 Å². The molecule has 0 fully saturated rings. The van der Waals surface area contributed by atoms with Gasteiger partial charge in [-0.15, -0.1) is 0 Å². The molecule has 0 saturated carbocycles. The lowest BCUT2D eigenvalue weighted by molar-refractivity contribution is -0.137. The highest BCUT2D eigenvalue weighted by atomic mass is 79.9. The normalized spacial score (nSPS) is 12.1. The second-order valence-electron chi connectivity index (χ2n) is 4.79. The zero-order valence-electron chi connectivity index (χ0n) is 11.4. The van der Waals surface area contributed by atoms with Crippen LogP contribution >= 0.6 is 15.9 Å². The van der Waals surface area contributed by atoms with Crippen molar-refractivity contribution in [2.45, 2.75) is 26.3 Å². The summed E-state index contributed by atoms with van der Waals surface area (Å²) in [6.45, 7) is 3.49. The van der Waals surface area contributed by atoms with E-state index in [1.807, 2.05) is 0 Å². The van der Waals surface area contributed by atoms with Crippen molar-refractivity contribution < 1.29 is 23.5 Å². The number of carboxylic acid groups (broad SMARTS) is 1. The highest BCUT2D eigenvalue weighted by Gasteiger charge is 2.20. The first-order chi connectivity index (χ1) is 9.70. The Morgan fingerprint density at radius 2 is 1.90 bits per heavy atom. The van der Waals surface area contributed by atoms with Gasteiger partial charge in [0.1, 0.15) is 11.6 Å². The third-order valence-electron chi connectivity index (χ3n) is 2.77. The molecule has 21 heavy (non-hydrogen) atoms. The van der Waals surface area contributed by atoms with Gasteiger partial charge in [0, 0.05) is 12.1 Å². The van der Waals surface area contributed by atoms with E-state index in [9.17, 15) is 18.4 Å². The van der Waals surface area contributed by atoms with Gasteiger partial charge in [-0.05, 0) is 27.9 Å². The quantitative estimate of drug-likeness (QED) is 0.701. The lowest BCUT2D eigenvalue weighted by Crippen LogP contribution is -2.42. The van der Waals surface area contributed by atoms with E-state index in [1.165, 1.54) is 0 Å². The van der Waals surface area contributed by atoms with Crippen molar-refractivity contribution in [3.05, 3.63) is 28.2 Å². The Bertz CT molecular complexity index is 552. The Hall–Kier alpha value is -1.70. The number of amides is 2. The van der Waals surface area contributed by atoms with Crippen LogP contribution in [0.2, 0.25) is 0 Å². The fraction of sp³-hybridized carbons (Fsp3) is 0.385. The van der Waals surface area contributed by atoms with Crippen LogP contribution in [0.25, 0.3) is 0 Å². The van der Waals surface area contributed by atoms with Gasteiger partial charge >= 0.3 is 12.0 Å². The van der Waals surface area contributed by atoms with E-state index in [-0.39, 0.29) is 22.5 Å². The monoisotopic (exact) mass is 364 g/mol. The summed E-state index contributed by atoms with van der Waals surface area (Å²) in [5.74, 6) is -2.72. The summed E-state index contributed by atoms with van der Waals surface area (Å²) >= 11 is 2.82. The van der Waals surface area contributed by atoms with Crippen LogP contribution in [0.1, 0.15) is 20.3 Å². The van der Waals surface area contributed by atoms with Gasteiger partial charge in [0.25, 0.3) is 0 Å². The number of nitrogens with one attached hydrogen (secondary N) is 2. The molecule has 1 unspecified atom stereocenters. The maximum absolute atomic E-state index is 13.6. The molecular weight excluding hydrogens is 350 g/mol. The van der Waals surface area contributed by atoms with Crippen molar-refractivity contribution in [2.24, 2.45) is 5.92 Å². The first-order valence-electron chi connectivity index (χ1n) is 6.14. The van der Waals surface area contributed by atoms with Crippen LogP contribution in [0.5, 0.6) is 0 Å². The summed E-state index contributed by atoms with van der Waals surface area (Å²) in [6.07, 6.45) is -0.262. The van der Waals surface area contributed by atoms with Gasteiger partial charge < -0.3 is 15.7 Å². The average Bonchev–Trinajstić information content (AvgIpc) is 2.34.